The van der Waals surface area contributed by atoms with Gasteiger partial charge in [-0.2, -0.15) is 31.4 Å². The van der Waals surface area contributed by atoms with Crippen molar-refractivity contribution < 1.29 is 35.7 Å². The number of nitrogens with zero attached hydrogens (tertiary/aromatic N) is 3. The minimum absolute atomic E-state index is 0.00442. The topological polar surface area (TPSA) is 73.0 Å². The Morgan fingerprint density at radius 2 is 1.75 bits per heavy atom. The molecule has 1 N–H and O–H groups in total. The largest absolute Gasteiger partial charge is 0.416 e. The van der Waals surface area contributed by atoms with Gasteiger partial charge in [0.2, 0.25) is 0 Å². The average molecular weight is 460 g/mol. The van der Waals surface area contributed by atoms with Crippen LogP contribution in [0.3, 0.4) is 0 Å². The number of aromatic nitrogens is 3. The van der Waals surface area contributed by atoms with Crippen molar-refractivity contribution in [3.8, 4) is 0 Å². The van der Waals surface area contributed by atoms with Crippen LogP contribution in [-0.4, -0.2) is 20.8 Å². The van der Waals surface area contributed by atoms with Gasteiger partial charge in [-0.15, -0.1) is 0 Å². The van der Waals surface area contributed by atoms with Gasteiger partial charge in [-0.05, 0) is 17.7 Å². The lowest BCUT2D eigenvalue weighted by Crippen LogP contribution is -2.15. The van der Waals surface area contributed by atoms with Gasteiger partial charge in [-0.1, -0.05) is 32.0 Å². The molecule has 0 aliphatic rings. The summed E-state index contributed by atoms with van der Waals surface area (Å²) in [5.74, 6) is -0.130. The summed E-state index contributed by atoms with van der Waals surface area (Å²) in [6.45, 7) is 5.15. The zero-order valence-corrected chi connectivity index (χ0v) is 17.1. The lowest BCUT2D eigenvalue weighted by atomic mass is 9.93. The lowest BCUT2D eigenvalue weighted by molar-refractivity contribution is -0.143. The molecule has 0 spiro atoms. The minimum Gasteiger partial charge on any atom is -0.360 e. The molecular formula is C20H18F6N4O2. The highest BCUT2D eigenvalue weighted by Crippen LogP contribution is 2.37. The van der Waals surface area contributed by atoms with Crippen LogP contribution in [0.4, 0.5) is 32.0 Å². The highest BCUT2D eigenvalue weighted by Gasteiger charge is 2.38. The number of alkyl halides is 6. The molecule has 3 aromatic rings. The van der Waals surface area contributed by atoms with E-state index in [1.54, 1.807) is 0 Å². The summed E-state index contributed by atoms with van der Waals surface area (Å²) in [7, 11) is 0. The van der Waals surface area contributed by atoms with Gasteiger partial charge in [-0.25, -0.2) is 0 Å². The smallest absolute Gasteiger partial charge is 0.360 e. The summed E-state index contributed by atoms with van der Waals surface area (Å²) in [5.41, 5.74) is -3.41. The van der Waals surface area contributed by atoms with E-state index in [9.17, 15) is 31.1 Å². The first-order valence-electron chi connectivity index (χ1n) is 9.23. The van der Waals surface area contributed by atoms with Crippen LogP contribution in [-0.2, 0) is 24.3 Å². The first kappa shape index (κ1) is 23.4. The molecule has 0 unspecified atom stereocenters. The standard InChI is InChI=1S/C20H18F6N4O2/c1-18(2,3)16-7-15(29-32-16)17(31)28-13-8-27-30(10-13)9-11-4-5-12(19(21,22)23)6-14(11)20(24,25)26/h4-8,10H,9H2,1-3H3,(H,28,31). The van der Waals surface area contributed by atoms with E-state index in [2.05, 4.69) is 15.6 Å². The normalized spacial score (nSPS) is 12.8. The third-order valence-corrected chi connectivity index (χ3v) is 4.45. The number of benzene rings is 1. The fraction of sp³-hybridized carbons (Fsp3) is 0.350. The minimum atomic E-state index is -4.99. The van der Waals surface area contributed by atoms with Gasteiger partial charge in [0.15, 0.2) is 5.69 Å². The van der Waals surface area contributed by atoms with Crippen molar-refractivity contribution in [2.45, 2.75) is 45.1 Å². The molecule has 1 aromatic carbocycles. The van der Waals surface area contributed by atoms with Crippen molar-refractivity contribution in [3.05, 3.63) is 64.8 Å². The van der Waals surface area contributed by atoms with Crippen molar-refractivity contribution in [1.82, 2.24) is 14.9 Å². The van der Waals surface area contributed by atoms with E-state index in [-0.39, 0.29) is 22.9 Å². The molecule has 6 nitrogen and oxygen atoms in total. The van der Waals surface area contributed by atoms with Gasteiger partial charge >= 0.3 is 12.4 Å². The lowest BCUT2D eigenvalue weighted by Gasteiger charge is -2.16. The average Bonchev–Trinajstić information content (AvgIpc) is 3.29. The molecule has 0 saturated heterocycles. The van der Waals surface area contributed by atoms with Crippen molar-refractivity contribution in [2.75, 3.05) is 5.32 Å². The predicted molar refractivity (Wildman–Crippen MR) is 101 cm³/mol. The van der Waals surface area contributed by atoms with E-state index in [0.717, 1.165) is 10.7 Å². The Balaban J connectivity index is 1.78. The quantitative estimate of drug-likeness (QED) is 0.522. The van der Waals surface area contributed by atoms with Gasteiger partial charge in [-0.3, -0.25) is 9.48 Å². The molecular weight excluding hydrogens is 442 g/mol. The summed E-state index contributed by atoms with van der Waals surface area (Å²) in [6.07, 6.45) is -7.45. The molecule has 0 atom stereocenters. The molecule has 2 aromatic heterocycles. The summed E-state index contributed by atoms with van der Waals surface area (Å²) < 4.78 is 84.5. The van der Waals surface area contributed by atoms with Crippen LogP contribution in [0.5, 0.6) is 0 Å². The number of carbonyl (C=O) groups excluding carboxylic acids is 1. The number of hydrogen-bond donors (Lipinski definition) is 1. The van der Waals surface area contributed by atoms with Gasteiger partial charge in [0, 0.05) is 17.7 Å². The number of anilines is 1. The van der Waals surface area contributed by atoms with Crippen LogP contribution in [0.1, 0.15) is 53.7 Å². The first-order chi connectivity index (χ1) is 14.6. The molecule has 2 heterocycles. The summed E-state index contributed by atoms with van der Waals surface area (Å²) >= 11 is 0. The molecule has 0 aliphatic heterocycles. The van der Waals surface area contributed by atoms with E-state index in [0.29, 0.717) is 11.8 Å². The van der Waals surface area contributed by atoms with Crippen LogP contribution in [0.15, 0.2) is 41.2 Å². The van der Waals surface area contributed by atoms with E-state index >= 15 is 0 Å². The van der Waals surface area contributed by atoms with E-state index in [1.807, 2.05) is 20.8 Å². The molecule has 0 bridgehead atoms. The van der Waals surface area contributed by atoms with Crippen LogP contribution in [0, 0.1) is 0 Å². The zero-order chi connectivity index (χ0) is 23.9. The van der Waals surface area contributed by atoms with Gasteiger partial charge < -0.3 is 9.84 Å². The highest BCUT2D eigenvalue weighted by atomic mass is 19.4. The number of halogens is 6. The molecule has 3 rings (SSSR count). The fourth-order valence-corrected chi connectivity index (χ4v) is 2.77. The molecule has 0 aliphatic carbocycles. The third kappa shape index (κ3) is 5.29. The van der Waals surface area contributed by atoms with E-state index in [1.165, 1.54) is 18.5 Å². The summed E-state index contributed by atoms with van der Waals surface area (Å²) in [4.78, 5) is 12.3. The maximum atomic E-state index is 13.3. The van der Waals surface area contributed by atoms with Crippen molar-refractivity contribution >= 4 is 11.6 Å². The molecule has 172 valence electrons. The van der Waals surface area contributed by atoms with Crippen LogP contribution < -0.4 is 5.32 Å². The second-order valence-corrected chi connectivity index (χ2v) is 8.07. The monoisotopic (exact) mass is 460 g/mol. The first-order valence-corrected chi connectivity index (χ1v) is 9.23. The maximum absolute atomic E-state index is 13.3. The van der Waals surface area contributed by atoms with Crippen molar-refractivity contribution in [2.24, 2.45) is 0 Å². The number of carbonyl (C=O) groups is 1. The maximum Gasteiger partial charge on any atom is 0.416 e. The van der Waals surface area contributed by atoms with Gasteiger partial charge in [0.25, 0.3) is 5.91 Å². The van der Waals surface area contributed by atoms with Crippen LogP contribution in [0.25, 0.3) is 0 Å². The van der Waals surface area contributed by atoms with Gasteiger partial charge in [0.05, 0.1) is 29.6 Å². The van der Waals surface area contributed by atoms with E-state index in [4.69, 9.17) is 4.52 Å². The van der Waals surface area contributed by atoms with Crippen LogP contribution >= 0.6 is 0 Å². The third-order valence-electron chi connectivity index (χ3n) is 4.45. The second kappa shape index (κ2) is 7.99. The second-order valence-electron chi connectivity index (χ2n) is 8.07. The Morgan fingerprint density at radius 1 is 1.06 bits per heavy atom. The molecule has 32 heavy (non-hydrogen) atoms. The molecule has 0 radical (unpaired) electrons. The summed E-state index contributed by atoms with van der Waals surface area (Å²) in [6, 6.07) is 2.87. The molecule has 1 amide bonds. The Kier molecular flexibility index (Phi) is 5.83. The van der Waals surface area contributed by atoms with Crippen molar-refractivity contribution in [1.29, 1.82) is 0 Å². The Hall–Kier alpha value is -3.31. The number of nitrogens with one attached hydrogen (secondary N) is 1. The Labute approximate surface area is 178 Å². The Morgan fingerprint density at radius 3 is 2.31 bits per heavy atom. The molecule has 0 fully saturated rings. The zero-order valence-electron chi connectivity index (χ0n) is 17.1. The van der Waals surface area contributed by atoms with Gasteiger partial charge in [0.1, 0.15) is 5.76 Å². The highest BCUT2D eigenvalue weighted by molar-refractivity contribution is 6.02. The molecule has 0 saturated carbocycles. The van der Waals surface area contributed by atoms with E-state index < -0.39 is 41.5 Å². The Bertz CT molecular complexity index is 1120. The summed E-state index contributed by atoms with van der Waals surface area (Å²) in [5, 5.41) is 10.0. The number of rotatable bonds is 4. The van der Waals surface area contributed by atoms with Crippen LogP contribution in [0.2, 0.25) is 0 Å². The predicted octanol–water partition coefficient (Wildman–Crippen LogP) is 5.51. The number of amides is 1. The molecule has 12 heteroatoms. The number of hydrogen-bond acceptors (Lipinski definition) is 4. The van der Waals surface area contributed by atoms with Crippen molar-refractivity contribution in [3.63, 3.8) is 0 Å². The fourth-order valence-electron chi connectivity index (χ4n) is 2.77. The SMILES string of the molecule is CC(C)(C)c1cc(C(=O)Nc2cnn(Cc3ccc(C(F)(F)F)cc3C(F)(F)F)c2)no1.